The molecule has 0 radical (unpaired) electrons. The lowest BCUT2D eigenvalue weighted by molar-refractivity contribution is 0.0953. The maximum absolute atomic E-state index is 12.3. The van der Waals surface area contributed by atoms with Crippen molar-refractivity contribution >= 4 is 17.2 Å². The number of rotatable bonds is 5. The molecule has 1 saturated heterocycles. The summed E-state index contributed by atoms with van der Waals surface area (Å²) in [5.74, 6) is 0.126. The van der Waals surface area contributed by atoms with E-state index in [4.69, 9.17) is 0 Å². The molecule has 1 aromatic rings. The second kappa shape index (κ2) is 8.27. The first kappa shape index (κ1) is 16.9. The normalized spacial score (nSPS) is 20.0. The third-order valence-electron chi connectivity index (χ3n) is 5.00. The Kier molecular flexibility index (Phi) is 6.08. The lowest BCUT2D eigenvalue weighted by atomic mass is 10.1. The largest absolute Gasteiger partial charge is 0.351 e. The van der Waals surface area contributed by atoms with Crippen LogP contribution in [0.2, 0.25) is 0 Å². The molecule has 0 saturated carbocycles. The predicted octanol–water partition coefficient (Wildman–Crippen LogP) is 2.38. The van der Waals surface area contributed by atoms with E-state index < -0.39 is 0 Å². The zero-order valence-electron chi connectivity index (χ0n) is 14.3. The second-order valence-corrected chi connectivity index (χ2v) is 8.01. The summed E-state index contributed by atoms with van der Waals surface area (Å²) < 4.78 is 0. The minimum Gasteiger partial charge on any atom is -0.351 e. The number of thiophene rings is 1. The van der Waals surface area contributed by atoms with Gasteiger partial charge in [-0.1, -0.05) is 6.42 Å². The molecule has 128 valence electrons. The van der Waals surface area contributed by atoms with Crippen LogP contribution in [0, 0.1) is 0 Å². The van der Waals surface area contributed by atoms with E-state index in [-0.39, 0.29) is 5.91 Å². The molecular weight excluding hydrogens is 306 g/mol. The highest BCUT2D eigenvalue weighted by molar-refractivity contribution is 7.14. The SMILES string of the molecule is CN1CCN(CCCNC(=O)c2cc3c(s2)CCCCC3)CC1. The van der Waals surface area contributed by atoms with Crippen molar-refractivity contribution in [1.82, 2.24) is 15.1 Å². The van der Waals surface area contributed by atoms with Gasteiger partial charge in [0.25, 0.3) is 5.91 Å². The van der Waals surface area contributed by atoms with E-state index in [1.807, 2.05) is 0 Å². The number of nitrogens with zero attached hydrogens (tertiary/aromatic N) is 2. The van der Waals surface area contributed by atoms with Crippen LogP contribution in [0.4, 0.5) is 0 Å². The molecule has 0 unspecified atom stereocenters. The Labute approximate surface area is 143 Å². The van der Waals surface area contributed by atoms with E-state index in [9.17, 15) is 4.79 Å². The summed E-state index contributed by atoms with van der Waals surface area (Å²) in [7, 11) is 2.18. The Hall–Kier alpha value is -0.910. The first-order chi connectivity index (χ1) is 11.2. The van der Waals surface area contributed by atoms with Gasteiger partial charge in [0.2, 0.25) is 0 Å². The van der Waals surface area contributed by atoms with Crippen LogP contribution in [-0.2, 0) is 12.8 Å². The summed E-state index contributed by atoms with van der Waals surface area (Å²) in [6.45, 7) is 6.51. The molecule has 3 rings (SSSR count). The predicted molar refractivity (Wildman–Crippen MR) is 96.5 cm³/mol. The highest BCUT2D eigenvalue weighted by Gasteiger charge is 2.16. The van der Waals surface area contributed by atoms with E-state index >= 15 is 0 Å². The molecule has 0 spiro atoms. The van der Waals surface area contributed by atoms with Crippen LogP contribution >= 0.6 is 11.3 Å². The van der Waals surface area contributed by atoms with Gasteiger partial charge in [0.05, 0.1) is 4.88 Å². The fourth-order valence-electron chi connectivity index (χ4n) is 3.44. The molecule has 23 heavy (non-hydrogen) atoms. The molecule has 0 bridgehead atoms. The van der Waals surface area contributed by atoms with Crippen molar-refractivity contribution in [2.24, 2.45) is 0 Å². The van der Waals surface area contributed by atoms with Gasteiger partial charge in [-0.3, -0.25) is 4.79 Å². The summed E-state index contributed by atoms with van der Waals surface area (Å²) in [6.07, 6.45) is 7.24. The molecule has 1 amide bonds. The average Bonchev–Trinajstić information content (AvgIpc) is 2.84. The fourth-order valence-corrected chi connectivity index (χ4v) is 4.61. The first-order valence-electron chi connectivity index (χ1n) is 9.03. The van der Waals surface area contributed by atoms with Gasteiger partial charge >= 0.3 is 0 Å². The standard InChI is InChI=1S/C18H29N3OS/c1-20-10-12-21(13-11-20)9-5-8-19-18(22)17-14-15-6-3-2-4-7-16(15)23-17/h14H,2-13H2,1H3,(H,19,22). The lowest BCUT2D eigenvalue weighted by Crippen LogP contribution is -2.45. The van der Waals surface area contributed by atoms with E-state index in [0.717, 1.165) is 63.4 Å². The molecular formula is C18H29N3OS. The molecule has 1 aromatic heterocycles. The zero-order chi connectivity index (χ0) is 16.1. The number of hydrogen-bond acceptors (Lipinski definition) is 4. The summed E-state index contributed by atoms with van der Waals surface area (Å²) in [5, 5.41) is 3.11. The Bertz CT molecular complexity index is 497. The number of hydrogen-bond donors (Lipinski definition) is 1. The molecule has 1 aliphatic heterocycles. The van der Waals surface area contributed by atoms with E-state index in [0.29, 0.717) is 0 Å². The molecule has 2 aliphatic rings. The Morgan fingerprint density at radius 2 is 1.96 bits per heavy atom. The number of fused-ring (bicyclic) bond motifs is 1. The third kappa shape index (κ3) is 4.78. The van der Waals surface area contributed by atoms with Gasteiger partial charge < -0.3 is 15.1 Å². The van der Waals surface area contributed by atoms with Crippen molar-refractivity contribution in [2.45, 2.75) is 38.5 Å². The monoisotopic (exact) mass is 335 g/mol. The van der Waals surface area contributed by atoms with Gasteiger partial charge in [-0.2, -0.15) is 0 Å². The van der Waals surface area contributed by atoms with Crippen LogP contribution in [0.3, 0.4) is 0 Å². The molecule has 1 fully saturated rings. The Morgan fingerprint density at radius 3 is 2.78 bits per heavy atom. The van der Waals surface area contributed by atoms with Crippen molar-refractivity contribution in [3.05, 3.63) is 21.4 Å². The quantitative estimate of drug-likeness (QED) is 0.663. The summed E-state index contributed by atoms with van der Waals surface area (Å²) in [6, 6.07) is 2.14. The van der Waals surface area contributed by atoms with Crippen molar-refractivity contribution in [2.75, 3.05) is 46.3 Å². The lowest BCUT2D eigenvalue weighted by Gasteiger charge is -2.32. The van der Waals surface area contributed by atoms with Crippen LogP contribution < -0.4 is 5.32 Å². The van der Waals surface area contributed by atoms with Crippen molar-refractivity contribution < 1.29 is 4.79 Å². The number of aryl methyl sites for hydroxylation is 2. The van der Waals surface area contributed by atoms with Crippen molar-refractivity contribution in [3.63, 3.8) is 0 Å². The van der Waals surface area contributed by atoms with Crippen molar-refractivity contribution in [1.29, 1.82) is 0 Å². The number of likely N-dealkylation sites (N-methyl/N-ethyl adjacent to an activating group) is 1. The van der Waals surface area contributed by atoms with Gasteiger partial charge in [-0.05, 0) is 57.3 Å². The highest BCUT2D eigenvalue weighted by atomic mass is 32.1. The van der Waals surface area contributed by atoms with Gasteiger partial charge in [0.15, 0.2) is 0 Å². The van der Waals surface area contributed by atoms with Gasteiger partial charge in [0, 0.05) is 37.6 Å². The molecule has 4 nitrogen and oxygen atoms in total. The third-order valence-corrected chi connectivity index (χ3v) is 6.24. The first-order valence-corrected chi connectivity index (χ1v) is 9.85. The van der Waals surface area contributed by atoms with E-state index in [1.165, 1.54) is 29.7 Å². The van der Waals surface area contributed by atoms with Gasteiger partial charge in [-0.25, -0.2) is 0 Å². The second-order valence-electron chi connectivity index (χ2n) is 6.87. The zero-order valence-corrected chi connectivity index (χ0v) is 15.1. The minimum atomic E-state index is 0.126. The average molecular weight is 336 g/mol. The van der Waals surface area contributed by atoms with Crippen molar-refractivity contribution in [3.8, 4) is 0 Å². The molecule has 2 heterocycles. The molecule has 0 atom stereocenters. The number of carbonyl (C=O) groups excluding carboxylic acids is 1. The smallest absolute Gasteiger partial charge is 0.261 e. The number of piperazine rings is 1. The topological polar surface area (TPSA) is 35.6 Å². The number of amides is 1. The summed E-state index contributed by atoms with van der Waals surface area (Å²) in [4.78, 5) is 19.6. The van der Waals surface area contributed by atoms with Gasteiger partial charge in [-0.15, -0.1) is 11.3 Å². The summed E-state index contributed by atoms with van der Waals surface area (Å²) >= 11 is 1.72. The van der Waals surface area contributed by atoms with Crippen LogP contribution in [0.1, 0.15) is 45.8 Å². The molecule has 5 heteroatoms. The number of nitrogens with one attached hydrogen (secondary N) is 1. The number of carbonyl (C=O) groups is 1. The summed E-state index contributed by atoms with van der Waals surface area (Å²) in [5.41, 5.74) is 1.43. The molecule has 1 N–H and O–H groups in total. The van der Waals surface area contributed by atoms with Crippen LogP contribution in [0.5, 0.6) is 0 Å². The highest BCUT2D eigenvalue weighted by Crippen LogP contribution is 2.28. The van der Waals surface area contributed by atoms with E-state index in [2.05, 4.69) is 28.2 Å². The minimum absolute atomic E-state index is 0.126. The van der Waals surface area contributed by atoms with Crippen LogP contribution in [-0.4, -0.2) is 62.0 Å². The van der Waals surface area contributed by atoms with Gasteiger partial charge in [0.1, 0.15) is 0 Å². The molecule has 0 aromatic carbocycles. The van der Waals surface area contributed by atoms with Crippen LogP contribution in [0.25, 0.3) is 0 Å². The fraction of sp³-hybridized carbons (Fsp3) is 0.722. The molecule has 1 aliphatic carbocycles. The van der Waals surface area contributed by atoms with Crippen LogP contribution in [0.15, 0.2) is 6.07 Å². The van der Waals surface area contributed by atoms with E-state index in [1.54, 1.807) is 11.3 Å². The maximum Gasteiger partial charge on any atom is 0.261 e. The Balaban J connectivity index is 1.39. The maximum atomic E-state index is 12.3. The Morgan fingerprint density at radius 1 is 1.17 bits per heavy atom.